The van der Waals surface area contributed by atoms with Gasteiger partial charge >= 0.3 is 0 Å². The molecule has 0 saturated heterocycles. The van der Waals surface area contributed by atoms with Crippen molar-refractivity contribution in [3.8, 4) is 28.4 Å². The van der Waals surface area contributed by atoms with E-state index in [2.05, 4.69) is 10.3 Å². The lowest BCUT2D eigenvalue weighted by Crippen LogP contribution is -2.04. The summed E-state index contributed by atoms with van der Waals surface area (Å²) in [5.41, 5.74) is 2.53. The average Bonchev–Trinajstić information content (AvgIpc) is 3.16. The Labute approximate surface area is 145 Å². The highest BCUT2D eigenvalue weighted by Gasteiger charge is 2.11. The van der Waals surface area contributed by atoms with Crippen LogP contribution in [0.25, 0.3) is 16.9 Å². The van der Waals surface area contributed by atoms with Gasteiger partial charge in [-0.2, -0.15) is 0 Å². The summed E-state index contributed by atoms with van der Waals surface area (Å²) in [6.45, 7) is 0.246. The van der Waals surface area contributed by atoms with Gasteiger partial charge in [0.2, 0.25) is 0 Å². The summed E-state index contributed by atoms with van der Waals surface area (Å²) in [5.74, 6) is 1.11. The number of hydrogen-bond acceptors (Lipinski definition) is 6. The van der Waals surface area contributed by atoms with Crippen molar-refractivity contribution < 1.29 is 18.9 Å². The monoisotopic (exact) mass is 341 g/mol. The van der Waals surface area contributed by atoms with Crippen LogP contribution in [-0.2, 0) is 9.47 Å². The Balaban J connectivity index is 1.88. The first-order valence-electron chi connectivity index (χ1n) is 7.67. The van der Waals surface area contributed by atoms with Crippen LogP contribution < -0.4 is 9.47 Å². The number of rotatable bonds is 8. The van der Waals surface area contributed by atoms with Gasteiger partial charge < -0.3 is 18.9 Å². The van der Waals surface area contributed by atoms with Crippen LogP contribution in [0.15, 0.2) is 54.7 Å². The third-order valence-corrected chi connectivity index (χ3v) is 3.42. The van der Waals surface area contributed by atoms with Gasteiger partial charge in [0.25, 0.3) is 0 Å². The molecule has 0 aliphatic rings. The molecule has 0 amide bonds. The molecule has 2 aromatic carbocycles. The second-order valence-corrected chi connectivity index (χ2v) is 5.15. The van der Waals surface area contributed by atoms with E-state index in [-0.39, 0.29) is 13.6 Å². The molecule has 7 heteroatoms. The lowest BCUT2D eigenvalue weighted by atomic mass is 10.1. The summed E-state index contributed by atoms with van der Waals surface area (Å²) >= 11 is 0. The second-order valence-electron chi connectivity index (χ2n) is 5.15. The highest BCUT2D eigenvalue weighted by Crippen LogP contribution is 2.32. The van der Waals surface area contributed by atoms with Crippen molar-refractivity contribution in [2.45, 2.75) is 0 Å². The van der Waals surface area contributed by atoms with Crippen LogP contribution in [0.2, 0.25) is 0 Å². The molecule has 0 unspecified atom stereocenters. The van der Waals surface area contributed by atoms with Gasteiger partial charge in [0, 0.05) is 19.8 Å². The van der Waals surface area contributed by atoms with Crippen molar-refractivity contribution in [1.29, 1.82) is 0 Å². The molecule has 0 radical (unpaired) electrons. The summed E-state index contributed by atoms with van der Waals surface area (Å²) in [4.78, 5) is 0. The number of para-hydroxylation sites is 1. The number of nitrogens with zero attached hydrogens (tertiary/aromatic N) is 3. The van der Waals surface area contributed by atoms with Gasteiger partial charge in [-0.25, -0.2) is 4.68 Å². The van der Waals surface area contributed by atoms with Crippen molar-refractivity contribution in [2.24, 2.45) is 0 Å². The van der Waals surface area contributed by atoms with Crippen molar-refractivity contribution >= 4 is 0 Å². The minimum atomic E-state index is 0.115. The van der Waals surface area contributed by atoms with E-state index in [1.54, 1.807) is 25.0 Å². The van der Waals surface area contributed by atoms with Gasteiger partial charge in [-0.05, 0) is 30.3 Å². The summed E-state index contributed by atoms with van der Waals surface area (Å²) in [6, 6.07) is 15.3. The number of benzene rings is 2. The fourth-order valence-electron chi connectivity index (χ4n) is 2.25. The maximum Gasteiger partial charge on any atom is 0.188 e. The number of hydrogen-bond donors (Lipinski definition) is 0. The zero-order valence-corrected chi connectivity index (χ0v) is 14.1. The molecule has 0 atom stereocenters. The van der Waals surface area contributed by atoms with E-state index in [0.29, 0.717) is 11.5 Å². The van der Waals surface area contributed by atoms with E-state index >= 15 is 0 Å². The summed E-state index contributed by atoms with van der Waals surface area (Å²) in [5, 5.41) is 8.41. The fraction of sp³-hybridized carbons (Fsp3) is 0.222. The molecular formula is C18H19N3O4. The molecule has 0 spiro atoms. The number of aromatic nitrogens is 3. The molecule has 25 heavy (non-hydrogen) atoms. The predicted molar refractivity (Wildman–Crippen MR) is 91.8 cm³/mol. The first kappa shape index (κ1) is 16.9. The molecule has 0 fully saturated rings. The largest absolute Gasteiger partial charge is 0.464 e. The third-order valence-electron chi connectivity index (χ3n) is 3.42. The molecule has 0 aliphatic heterocycles. The quantitative estimate of drug-likeness (QED) is 0.587. The molecule has 3 rings (SSSR count). The molecule has 7 nitrogen and oxygen atoms in total. The molecule has 1 aromatic heterocycles. The number of ether oxygens (including phenoxy) is 4. The van der Waals surface area contributed by atoms with Gasteiger partial charge in [0.15, 0.2) is 25.1 Å². The smallest absolute Gasteiger partial charge is 0.188 e. The molecule has 0 saturated carbocycles. The molecule has 1 heterocycles. The van der Waals surface area contributed by atoms with Crippen molar-refractivity contribution in [2.75, 3.05) is 27.8 Å². The van der Waals surface area contributed by atoms with E-state index in [1.165, 1.54) is 0 Å². The lowest BCUT2D eigenvalue weighted by Gasteiger charge is -2.12. The van der Waals surface area contributed by atoms with Crippen molar-refractivity contribution in [3.63, 3.8) is 0 Å². The van der Waals surface area contributed by atoms with Crippen LogP contribution in [0.5, 0.6) is 11.5 Å². The zero-order valence-electron chi connectivity index (χ0n) is 14.1. The van der Waals surface area contributed by atoms with Crippen LogP contribution in [0.1, 0.15) is 0 Å². The first-order valence-corrected chi connectivity index (χ1v) is 7.67. The molecular weight excluding hydrogens is 322 g/mol. The SMILES string of the molecule is COCOc1ccc(-c2cn(-c3ccccc3)nn2)cc1OCOC. The summed E-state index contributed by atoms with van der Waals surface area (Å²) in [6.07, 6.45) is 1.86. The van der Waals surface area contributed by atoms with E-state index in [4.69, 9.17) is 18.9 Å². The standard InChI is InChI=1S/C18H19N3O4/c1-22-12-24-17-9-8-14(10-18(17)25-13-23-2)16-11-21(20-19-16)15-6-4-3-5-7-15/h3-11H,12-13H2,1-2H3. The molecule has 0 aliphatic carbocycles. The minimum Gasteiger partial charge on any atom is -0.464 e. The van der Waals surface area contributed by atoms with Gasteiger partial charge in [0.05, 0.1) is 11.9 Å². The first-order chi connectivity index (χ1) is 12.3. The van der Waals surface area contributed by atoms with Crippen molar-refractivity contribution in [1.82, 2.24) is 15.0 Å². The third kappa shape index (κ3) is 4.14. The Bertz CT molecular complexity index is 805. The Morgan fingerprint density at radius 2 is 1.60 bits per heavy atom. The van der Waals surface area contributed by atoms with E-state index in [0.717, 1.165) is 16.9 Å². The summed E-state index contributed by atoms with van der Waals surface area (Å²) < 4.78 is 22.7. The Kier molecular flexibility index (Phi) is 5.61. The summed E-state index contributed by atoms with van der Waals surface area (Å²) in [7, 11) is 3.12. The lowest BCUT2D eigenvalue weighted by molar-refractivity contribution is 0.0323. The van der Waals surface area contributed by atoms with Crippen LogP contribution >= 0.6 is 0 Å². The van der Waals surface area contributed by atoms with Gasteiger partial charge in [-0.15, -0.1) is 5.10 Å². The highest BCUT2D eigenvalue weighted by molar-refractivity contribution is 5.63. The van der Waals surface area contributed by atoms with Gasteiger partial charge in [0.1, 0.15) is 5.69 Å². The van der Waals surface area contributed by atoms with Crippen LogP contribution in [0.3, 0.4) is 0 Å². The molecule has 0 N–H and O–H groups in total. The van der Waals surface area contributed by atoms with E-state index in [1.807, 2.05) is 48.7 Å². The van der Waals surface area contributed by atoms with E-state index in [9.17, 15) is 0 Å². The molecule has 3 aromatic rings. The fourth-order valence-corrected chi connectivity index (χ4v) is 2.25. The Hall–Kier alpha value is -2.90. The Morgan fingerprint density at radius 3 is 2.32 bits per heavy atom. The van der Waals surface area contributed by atoms with Crippen LogP contribution in [-0.4, -0.2) is 42.8 Å². The predicted octanol–water partition coefficient (Wildman–Crippen LogP) is 2.90. The van der Waals surface area contributed by atoms with E-state index < -0.39 is 0 Å². The second kappa shape index (κ2) is 8.27. The number of methoxy groups -OCH3 is 2. The highest BCUT2D eigenvalue weighted by atomic mass is 16.7. The minimum absolute atomic E-state index is 0.115. The van der Waals surface area contributed by atoms with Crippen LogP contribution in [0, 0.1) is 0 Å². The Morgan fingerprint density at radius 1 is 0.880 bits per heavy atom. The van der Waals surface area contributed by atoms with Crippen molar-refractivity contribution in [3.05, 3.63) is 54.7 Å². The van der Waals surface area contributed by atoms with Crippen LogP contribution in [0.4, 0.5) is 0 Å². The zero-order chi connectivity index (χ0) is 17.5. The van der Waals surface area contributed by atoms with Gasteiger partial charge in [-0.1, -0.05) is 23.4 Å². The normalized spacial score (nSPS) is 10.6. The van der Waals surface area contributed by atoms with Gasteiger partial charge in [-0.3, -0.25) is 0 Å². The molecule has 130 valence electrons. The maximum atomic E-state index is 5.58. The molecule has 0 bridgehead atoms. The topological polar surface area (TPSA) is 67.6 Å². The average molecular weight is 341 g/mol. The maximum absolute atomic E-state index is 5.58.